The van der Waals surface area contributed by atoms with Gasteiger partial charge in [-0.15, -0.1) is 0 Å². The first kappa shape index (κ1) is 15.3. The standard InChI is InChI=1S/C15H26N2O3/c1-16(12-13-6-5-11-20-13)14(18)8-10-17-9-4-2-3-7-15(17)19/h13H,2-12H2,1H3. The molecular weight excluding hydrogens is 256 g/mol. The van der Waals surface area contributed by atoms with Crippen molar-refractivity contribution in [3.05, 3.63) is 0 Å². The van der Waals surface area contributed by atoms with E-state index in [-0.39, 0.29) is 17.9 Å². The number of hydrogen-bond donors (Lipinski definition) is 0. The summed E-state index contributed by atoms with van der Waals surface area (Å²) in [6.45, 7) is 2.86. The van der Waals surface area contributed by atoms with E-state index in [1.165, 1.54) is 0 Å². The fraction of sp³-hybridized carbons (Fsp3) is 0.867. The number of carbonyl (C=O) groups is 2. The summed E-state index contributed by atoms with van der Waals surface area (Å²) in [5, 5.41) is 0. The quantitative estimate of drug-likeness (QED) is 0.766. The van der Waals surface area contributed by atoms with Crippen molar-refractivity contribution < 1.29 is 14.3 Å². The van der Waals surface area contributed by atoms with Crippen LogP contribution in [0, 0.1) is 0 Å². The van der Waals surface area contributed by atoms with Crippen molar-refractivity contribution in [3.8, 4) is 0 Å². The Bertz CT molecular complexity index is 340. The van der Waals surface area contributed by atoms with E-state index in [0.717, 1.165) is 45.3 Å². The molecule has 0 bridgehead atoms. The van der Waals surface area contributed by atoms with Crippen LogP contribution in [0.2, 0.25) is 0 Å². The fourth-order valence-electron chi connectivity index (χ4n) is 2.89. The summed E-state index contributed by atoms with van der Waals surface area (Å²) in [5.41, 5.74) is 0. The second-order valence-corrected chi connectivity index (χ2v) is 5.85. The third kappa shape index (κ3) is 4.47. The predicted octanol–water partition coefficient (Wildman–Crippen LogP) is 1.42. The largest absolute Gasteiger partial charge is 0.376 e. The van der Waals surface area contributed by atoms with Gasteiger partial charge in [0.05, 0.1) is 6.10 Å². The van der Waals surface area contributed by atoms with Gasteiger partial charge in [-0.3, -0.25) is 9.59 Å². The number of carbonyl (C=O) groups excluding carboxylic acids is 2. The minimum Gasteiger partial charge on any atom is -0.376 e. The summed E-state index contributed by atoms with van der Waals surface area (Å²) in [6, 6.07) is 0. The molecule has 5 nitrogen and oxygen atoms in total. The van der Waals surface area contributed by atoms with Gasteiger partial charge >= 0.3 is 0 Å². The summed E-state index contributed by atoms with van der Waals surface area (Å²) >= 11 is 0. The minimum absolute atomic E-state index is 0.109. The summed E-state index contributed by atoms with van der Waals surface area (Å²) in [5.74, 6) is 0.314. The van der Waals surface area contributed by atoms with Crippen molar-refractivity contribution in [3.63, 3.8) is 0 Å². The molecule has 1 atom stereocenters. The van der Waals surface area contributed by atoms with Crippen molar-refractivity contribution in [2.75, 3.05) is 33.3 Å². The average molecular weight is 282 g/mol. The van der Waals surface area contributed by atoms with Crippen LogP contribution >= 0.6 is 0 Å². The number of nitrogens with zero attached hydrogens (tertiary/aromatic N) is 2. The van der Waals surface area contributed by atoms with E-state index < -0.39 is 0 Å². The Morgan fingerprint density at radius 1 is 1.35 bits per heavy atom. The first-order valence-corrected chi connectivity index (χ1v) is 7.80. The molecule has 5 heteroatoms. The molecule has 0 spiro atoms. The van der Waals surface area contributed by atoms with Gasteiger partial charge < -0.3 is 14.5 Å². The zero-order valence-electron chi connectivity index (χ0n) is 12.5. The topological polar surface area (TPSA) is 49.9 Å². The van der Waals surface area contributed by atoms with Crippen molar-refractivity contribution in [1.82, 2.24) is 9.80 Å². The molecule has 0 aromatic heterocycles. The number of amides is 2. The number of likely N-dealkylation sites (tertiary alicyclic amines) is 1. The second kappa shape index (κ2) is 7.62. The summed E-state index contributed by atoms with van der Waals surface area (Å²) in [4.78, 5) is 27.6. The van der Waals surface area contributed by atoms with Gasteiger partial charge in [-0.25, -0.2) is 0 Å². The van der Waals surface area contributed by atoms with Gasteiger partial charge in [-0.1, -0.05) is 6.42 Å². The molecule has 20 heavy (non-hydrogen) atoms. The van der Waals surface area contributed by atoms with Crippen molar-refractivity contribution in [2.45, 2.75) is 51.0 Å². The van der Waals surface area contributed by atoms with Crippen LogP contribution in [-0.2, 0) is 14.3 Å². The van der Waals surface area contributed by atoms with E-state index in [1.54, 1.807) is 4.90 Å². The average Bonchev–Trinajstić information content (AvgIpc) is 2.85. The van der Waals surface area contributed by atoms with Crippen LogP contribution in [0.1, 0.15) is 44.9 Å². The van der Waals surface area contributed by atoms with Gasteiger partial charge in [-0.05, 0) is 25.7 Å². The highest BCUT2D eigenvalue weighted by Gasteiger charge is 2.21. The highest BCUT2D eigenvalue weighted by atomic mass is 16.5. The third-order valence-corrected chi connectivity index (χ3v) is 4.19. The SMILES string of the molecule is CN(CC1CCCO1)C(=O)CCN1CCCCCC1=O. The van der Waals surface area contributed by atoms with Crippen LogP contribution in [0.4, 0.5) is 0 Å². The van der Waals surface area contributed by atoms with Crippen LogP contribution < -0.4 is 0 Å². The number of likely N-dealkylation sites (N-methyl/N-ethyl adjacent to an activating group) is 1. The maximum atomic E-state index is 12.1. The normalized spacial score (nSPS) is 23.8. The Hall–Kier alpha value is -1.10. The zero-order valence-corrected chi connectivity index (χ0v) is 12.5. The van der Waals surface area contributed by atoms with E-state index >= 15 is 0 Å². The second-order valence-electron chi connectivity index (χ2n) is 5.85. The molecule has 0 aliphatic carbocycles. The molecule has 0 saturated carbocycles. The molecule has 0 aromatic rings. The van der Waals surface area contributed by atoms with Crippen LogP contribution in [0.5, 0.6) is 0 Å². The highest BCUT2D eigenvalue weighted by Crippen LogP contribution is 2.14. The van der Waals surface area contributed by atoms with Gasteiger partial charge in [0.2, 0.25) is 11.8 Å². The smallest absolute Gasteiger partial charge is 0.224 e. The highest BCUT2D eigenvalue weighted by molar-refractivity contribution is 5.79. The fourth-order valence-corrected chi connectivity index (χ4v) is 2.89. The molecule has 2 rings (SSSR count). The predicted molar refractivity (Wildman–Crippen MR) is 76.3 cm³/mol. The van der Waals surface area contributed by atoms with Crippen LogP contribution in [0.25, 0.3) is 0 Å². The molecule has 2 fully saturated rings. The number of ether oxygens (including phenoxy) is 1. The maximum absolute atomic E-state index is 12.1. The van der Waals surface area contributed by atoms with Crippen LogP contribution in [-0.4, -0.2) is 61.0 Å². The van der Waals surface area contributed by atoms with Gasteiger partial charge in [-0.2, -0.15) is 0 Å². The first-order valence-electron chi connectivity index (χ1n) is 7.80. The van der Waals surface area contributed by atoms with Crippen molar-refractivity contribution >= 4 is 11.8 Å². The van der Waals surface area contributed by atoms with E-state index in [2.05, 4.69) is 0 Å². The summed E-state index contributed by atoms with van der Waals surface area (Å²) in [7, 11) is 1.83. The Morgan fingerprint density at radius 2 is 2.20 bits per heavy atom. The Balaban J connectivity index is 1.71. The number of hydrogen-bond acceptors (Lipinski definition) is 3. The molecule has 2 aliphatic heterocycles. The molecule has 0 aromatic carbocycles. The maximum Gasteiger partial charge on any atom is 0.224 e. The molecule has 0 radical (unpaired) electrons. The molecular formula is C15H26N2O3. The Kier molecular flexibility index (Phi) is 5.83. The van der Waals surface area contributed by atoms with Gasteiger partial charge in [0.15, 0.2) is 0 Å². The van der Waals surface area contributed by atoms with Crippen molar-refractivity contribution in [1.29, 1.82) is 0 Å². The molecule has 2 saturated heterocycles. The van der Waals surface area contributed by atoms with E-state index in [1.807, 2.05) is 11.9 Å². The first-order chi connectivity index (χ1) is 9.66. The molecule has 2 aliphatic rings. The van der Waals surface area contributed by atoms with Crippen LogP contribution in [0.3, 0.4) is 0 Å². The van der Waals surface area contributed by atoms with E-state index in [0.29, 0.717) is 25.9 Å². The molecule has 1 unspecified atom stereocenters. The lowest BCUT2D eigenvalue weighted by molar-refractivity contribution is -0.134. The lowest BCUT2D eigenvalue weighted by Crippen LogP contribution is -2.38. The lowest BCUT2D eigenvalue weighted by Gasteiger charge is -2.24. The number of rotatable bonds is 5. The van der Waals surface area contributed by atoms with E-state index in [4.69, 9.17) is 4.74 Å². The van der Waals surface area contributed by atoms with Crippen LogP contribution in [0.15, 0.2) is 0 Å². The van der Waals surface area contributed by atoms with E-state index in [9.17, 15) is 9.59 Å². The van der Waals surface area contributed by atoms with Gasteiger partial charge in [0, 0.05) is 46.1 Å². The molecule has 114 valence electrons. The monoisotopic (exact) mass is 282 g/mol. The van der Waals surface area contributed by atoms with Gasteiger partial charge in [0.1, 0.15) is 0 Å². The summed E-state index contributed by atoms with van der Waals surface area (Å²) in [6.07, 6.45) is 6.57. The van der Waals surface area contributed by atoms with Gasteiger partial charge in [0.25, 0.3) is 0 Å². The summed E-state index contributed by atoms with van der Waals surface area (Å²) < 4.78 is 5.54. The Labute approximate surface area is 121 Å². The molecule has 2 amide bonds. The molecule has 0 N–H and O–H groups in total. The lowest BCUT2D eigenvalue weighted by atomic mass is 10.2. The van der Waals surface area contributed by atoms with Crippen molar-refractivity contribution in [2.24, 2.45) is 0 Å². The third-order valence-electron chi connectivity index (χ3n) is 4.19. The zero-order chi connectivity index (χ0) is 14.4. The molecule has 2 heterocycles. The Morgan fingerprint density at radius 3 is 2.95 bits per heavy atom. The minimum atomic E-state index is 0.109.